The van der Waals surface area contributed by atoms with Crippen molar-refractivity contribution in [2.24, 2.45) is 0 Å². The van der Waals surface area contributed by atoms with Crippen molar-refractivity contribution in [3.05, 3.63) is 80.5 Å². The summed E-state index contributed by atoms with van der Waals surface area (Å²) in [6.07, 6.45) is 0. The molecule has 122 valence electrons. The minimum atomic E-state index is -0.204. The van der Waals surface area contributed by atoms with Crippen LogP contribution in [0.25, 0.3) is 0 Å². The Kier molecular flexibility index (Phi) is 5.41. The summed E-state index contributed by atoms with van der Waals surface area (Å²) in [5.74, 6) is 0.590. The molecule has 0 atom stereocenters. The van der Waals surface area contributed by atoms with Crippen LogP contribution >= 0.6 is 34.5 Å². The quantitative estimate of drug-likeness (QED) is 0.602. The maximum atomic E-state index is 12.3. The van der Waals surface area contributed by atoms with Crippen LogP contribution in [-0.2, 0) is 6.61 Å². The zero-order valence-electron chi connectivity index (χ0n) is 12.5. The van der Waals surface area contributed by atoms with E-state index in [0.717, 1.165) is 11.3 Å². The van der Waals surface area contributed by atoms with Gasteiger partial charge in [0, 0.05) is 21.3 Å². The number of para-hydroxylation sites is 1. The highest BCUT2D eigenvalue weighted by Gasteiger charge is 2.11. The highest BCUT2D eigenvalue weighted by molar-refractivity contribution is 7.12. The number of benzene rings is 2. The molecule has 0 aliphatic rings. The van der Waals surface area contributed by atoms with E-state index in [-0.39, 0.29) is 5.91 Å². The first kappa shape index (κ1) is 16.8. The molecule has 0 aliphatic carbocycles. The van der Waals surface area contributed by atoms with Crippen molar-refractivity contribution in [3.63, 3.8) is 0 Å². The first-order valence-electron chi connectivity index (χ1n) is 7.13. The van der Waals surface area contributed by atoms with Gasteiger partial charge in [0.1, 0.15) is 12.4 Å². The van der Waals surface area contributed by atoms with Gasteiger partial charge in [-0.25, -0.2) is 0 Å². The van der Waals surface area contributed by atoms with Crippen molar-refractivity contribution in [1.29, 1.82) is 0 Å². The molecule has 3 rings (SSSR count). The molecule has 0 saturated heterocycles. The van der Waals surface area contributed by atoms with E-state index < -0.39 is 0 Å². The third kappa shape index (κ3) is 4.51. The minimum Gasteiger partial charge on any atom is -0.489 e. The Bertz CT molecular complexity index is 829. The standard InChI is InChI=1S/C18H13Cl2NO2S/c19-13-7-14(20)9-15(8-13)21-18(22)17-6-12(11-24-17)10-23-16-4-2-1-3-5-16/h1-9,11H,10H2,(H,21,22). The van der Waals surface area contributed by atoms with Crippen molar-refractivity contribution in [1.82, 2.24) is 0 Å². The summed E-state index contributed by atoms with van der Waals surface area (Å²) in [4.78, 5) is 12.9. The molecular formula is C18H13Cl2NO2S. The molecule has 1 N–H and O–H groups in total. The first-order valence-corrected chi connectivity index (χ1v) is 8.76. The number of rotatable bonds is 5. The molecule has 1 aromatic heterocycles. The Morgan fingerprint density at radius 2 is 1.75 bits per heavy atom. The number of nitrogens with one attached hydrogen (secondary N) is 1. The Balaban J connectivity index is 1.63. The summed E-state index contributed by atoms with van der Waals surface area (Å²) < 4.78 is 5.67. The predicted octanol–water partition coefficient (Wildman–Crippen LogP) is 5.89. The SMILES string of the molecule is O=C(Nc1cc(Cl)cc(Cl)c1)c1cc(COc2ccccc2)cs1. The zero-order valence-corrected chi connectivity index (χ0v) is 14.8. The number of amides is 1. The average Bonchev–Trinajstić information content (AvgIpc) is 3.02. The van der Waals surface area contributed by atoms with Crippen molar-refractivity contribution in [3.8, 4) is 5.75 Å². The van der Waals surface area contributed by atoms with E-state index in [9.17, 15) is 4.79 Å². The van der Waals surface area contributed by atoms with Crippen LogP contribution in [0.2, 0.25) is 10.0 Å². The van der Waals surface area contributed by atoms with Crippen LogP contribution in [0.3, 0.4) is 0 Å². The number of thiophene rings is 1. The van der Waals surface area contributed by atoms with Crippen LogP contribution in [-0.4, -0.2) is 5.91 Å². The fraction of sp³-hybridized carbons (Fsp3) is 0.0556. The lowest BCUT2D eigenvalue weighted by Crippen LogP contribution is -2.10. The number of carbonyl (C=O) groups is 1. The van der Waals surface area contributed by atoms with Crippen LogP contribution in [0.15, 0.2) is 60.0 Å². The molecule has 3 aromatic rings. The van der Waals surface area contributed by atoms with Gasteiger partial charge in [-0.3, -0.25) is 4.79 Å². The summed E-state index contributed by atoms with van der Waals surface area (Å²) in [6.45, 7) is 0.413. The van der Waals surface area contributed by atoms with E-state index in [4.69, 9.17) is 27.9 Å². The van der Waals surface area contributed by atoms with Gasteiger partial charge in [-0.1, -0.05) is 41.4 Å². The predicted molar refractivity (Wildman–Crippen MR) is 99.5 cm³/mol. The maximum Gasteiger partial charge on any atom is 0.265 e. The van der Waals surface area contributed by atoms with Crippen LogP contribution in [0, 0.1) is 0 Å². The van der Waals surface area contributed by atoms with Crippen molar-refractivity contribution in [2.45, 2.75) is 6.61 Å². The number of ether oxygens (including phenoxy) is 1. The normalized spacial score (nSPS) is 10.4. The Hall–Kier alpha value is -2.01. The van der Waals surface area contributed by atoms with Gasteiger partial charge in [-0.15, -0.1) is 11.3 Å². The maximum absolute atomic E-state index is 12.3. The molecule has 0 fully saturated rings. The van der Waals surface area contributed by atoms with Crippen molar-refractivity contribution < 1.29 is 9.53 Å². The topological polar surface area (TPSA) is 38.3 Å². The highest BCUT2D eigenvalue weighted by Crippen LogP contribution is 2.24. The third-order valence-corrected chi connectivity index (χ3v) is 4.56. The molecule has 0 spiro atoms. The molecule has 0 radical (unpaired) electrons. The Labute approximate surface area is 153 Å². The van der Waals surface area contributed by atoms with Crippen molar-refractivity contribution in [2.75, 3.05) is 5.32 Å². The fourth-order valence-corrected chi connectivity index (χ4v) is 3.39. The molecule has 3 nitrogen and oxygen atoms in total. The second-order valence-electron chi connectivity index (χ2n) is 5.03. The van der Waals surface area contributed by atoms with E-state index in [0.29, 0.717) is 27.2 Å². The fourth-order valence-electron chi connectivity index (χ4n) is 2.07. The minimum absolute atomic E-state index is 0.204. The monoisotopic (exact) mass is 377 g/mol. The lowest BCUT2D eigenvalue weighted by atomic mass is 10.3. The molecule has 1 amide bonds. The molecular weight excluding hydrogens is 365 g/mol. The van der Waals surface area contributed by atoms with E-state index >= 15 is 0 Å². The lowest BCUT2D eigenvalue weighted by molar-refractivity contribution is 0.103. The second-order valence-corrected chi connectivity index (χ2v) is 6.82. The smallest absolute Gasteiger partial charge is 0.265 e. The third-order valence-electron chi connectivity index (χ3n) is 3.15. The number of hydrogen-bond donors (Lipinski definition) is 1. The molecule has 0 saturated carbocycles. The summed E-state index contributed by atoms with van der Waals surface area (Å²) >= 11 is 13.2. The van der Waals surface area contributed by atoms with Crippen molar-refractivity contribution >= 4 is 46.1 Å². The van der Waals surface area contributed by atoms with Crippen LogP contribution < -0.4 is 10.1 Å². The molecule has 0 unspecified atom stereocenters. The zero-order chi connectivity index (χ0) is 16.9. The molecule has 0 aliphatic heterocycles. The molecule has 6 heteroatoms. The van der Waals surface area contributed by atoms with Gasteiger partial charge < -0.3 is 10.1 Å². The highest BCUT2D eigenvalue weighted by atomic mass is 35.5. The van der Waals surface area contributed by atoms with E-state index in [1.54, 1.807) is 18.2 Å². The first-order chi connectivity index (χ1) is 11.6. The molecule has 1 heterocycles. The van der Waals surface area contributed by atoms with Crippen LogP contribution in [0.1, 0.15) is 15.2 Å². The summed E-state index contributed by atoms with van der Waals surface area (Å²) in [7, 11) is 0. The summed E-state index contributed by atoms with van der Waals surface area (Å²) in [5, 5.41) is 5.64. The van der Waals surface area contributed by atoms with Gasteiger partial charge in [0.05, 0.1) is 4.88 Å². The van der Waals surface area contributed by atoms with E-state index in [1.807, 2.05) is 41.8 Å². The van der Waals surface area contributed by atoms with Crippen LogP contribution in [0.4, 0.5) is 5.69 Å². The van der Waals surface area contributed by atoms with E-state index in [2.05, 4.69) is 5.32 Å². The summed E-state index contributed by atoms with van der Waals surface area (Å²) in [5.41, 5.74) is 1.51. The lowest BCUT2D eigenvalue weighted by Gasteiger charge is -2.05. The average molecular weight is 378 g/mol. The van der Waals surface area contributed by atoms with Crippen LogP contribution in [0.5, 0.6) is 5.75 Å². The van der Waals surface area contributed by atoms with Gasteiger partial charge in [0.25, 0.3) is 5.91 Å². The molecule has 24 heavy (non-hydrogen) atoms. The molecule has 0 bridgehead atoms. The second kappa shape index (κ2) is 7.71. The Morgan fingerprint density at radius 1 is 1.04 bits per heavy atom. The number of anilines is 1. The van der Waals surface area contributed by atoms with Gasteiger partial charge >= 0.3 is 0 Å². The van der Waals surface area contributed by atoms with Gasteiger partial charge in [-0.05, 0) is 41.8 Å². The largest absolute Gasteiger partial charge is 0.489 e. The summed E-state index contributed by atoms with van der Waals surface area (Å²) in [6, 6.07) is 16.3. The number of halogens is 2. The number of hydrogen-bond acceptors (Lipinski definition) is 3. The number of carbonyl (C=O) groups excluding carboxylic acids is 1. The van der Waals surface area contributed by atoms with Gasteiger partial charge in [-0.2, -0.15) is 0 Å². The van der Waals surface area contributed by atoms with Gasteiger partial charge in [0.15, 0.2) is 0 Å². The van der Waals surface area contributed by atoms with Gasteiger partial charge in [0.2, 0.25) is 0 Å². The van der Waals surface area contributed by atoms with E-state index in [1.165, 1.54) is 11.3 Å². The Morgan fingerprint density at radius 3 is 2.46 bits per heavy atom. The molecule has 2 aromatic carbocycles.